The van der Waals surface area contributed by atoms with E-state index in [1.165, 1.54) is 6.42 Å². The zero-order valence-electron chi connectivity index (χ0n) is 10.5. The molecule has 3 atom stereocenters. The Bertz CT molecular complexity index is 182. The number of rotatable bonds is 7. The van der Waals surface area contributed by atoms with Gasteiger partial charge in [0.15, 0.2) is 0 Å². The largest absolute Gasteiger partial charge is 0.353 e. The third-order valence-corrected chi connectivity index (χ3v) is 2.89. The molecule has 15 heavy (non-hydrogen) atoms. The summed E-state index contributed by atoms with van der Waals surface area (Å²) in [6.07, 6.45) is 2.98. The Kier molecular flexibility index (Phi) is 7.39. The topological polar surface area (TPSA) is 55.1 Å². The van der Waals surface area contributed by atoms with Gasteiger partial charge in [-0.25, -0.2) is 0 Å². The number of amides is 1. The molecule has 0 saturated carbocycles. The molecule has 0 spiro atoms. The molecule has 0 rings (SSSR count). The molecule has 0 fully saturated rings. The molecule has 90 valence electrons. The van der Waals surface area contributed by atoms with Crippen LogP contribution in [0, 0.1) is 11.8 Å². The number of carbonyl (C=O) groups excluding carboxylic acids is 1. The van der Waals surface area contributed by atoms with E-state index in [0.717, 1.165) is 12.8 Å². The van der Waals surface area contributed by atoms with Crippen molar-refractivity contribution >= 4 is 5.91 Å². The van der Waals surface area contributed by atoms with Crippen LogP contribution >= 0.6 is 0 Å². The van der Waals surface area contributed by atoms with Crippen LogP contribution in [0.1, 0.15) is 47.0 Å². The summed E-state index contributed by atoms with van der Waals surface area (Å²) < 4.78 is 0. The van der Waals surface area contributed by atoms with E-state index in [4.69, 9.17) is 5.73 Å². The number of carbonyl (C=O) groups is 1. The molecule has 3 nitrogen and oxygen atoms in total. The lowest BCUT2D eigenvalue weighted by molar-refractivity contribution is -0.125. The summed E-state index contributed by atoms with van der Waals surface area (Å²) in [5.41, 5.74) is 5.42. The van der Waals surface area contributed by atoms with E-state index in [1.807, 2.05) is 6.92 Å². The third kappa shape index (κ3) is 6.50. The van der Waals surface area contributed by atoms with Gasteiger partial charge < -0.3 is 11.1 Å². The maximum atomic E-state index is 11.6. The van der Waals surface area contributed by atoms with Crippen molar-refractivity contribution in [3.05, 3.63) is 0 Å². The molecule has 3 N–H and O–H groups in total. The SMILES string of the molecule is CCC(C)CC(C)NC(=O)C(C)CCN. The second-order valence-electron chi connectivity index (χ2n) is 4.64. The maximum absolute atomic E-state index is 11.6. The first kappa shape index (κ1) is 14.4. The fraction of sp³-hybridized carbons (Fsp3) is 0.917. The molecule has 3 heteroatoms. The van der Waals surface area contributed by atoms with Gasteiger partial charge in [-0.2, -0.15) is 0 Å². The Morgan fingerprint density at radius 3 is 2.40 bits per heavy atom. The number of nitrogens with two attached hydrogens (primary N) is 1. The van der Waals surface area contributed by atoms with Crippen molar-refractivity contribution in [1.29, 1.82) is 0 Å². The van der Waals surface area contributed by atoms with Gasteiger partial charge in [0.25, 0.3) is 0 Å². The second kappa shape index (κ2) is 7.69. The molecule has 0 aliphatic carbocycles. The van der Waals surface area contributed by atoms with E-state index in [2.05, 4.69) is 26.1 Å². The number of hydrogen-bond donors (Lipinski definition) is 2. The molecular weight excluding hydrogens is 188 g/mol. The first-order chi connectivity index (χ1) is 7.01. The van der Waals surface area contributed by atoms with E-state index in [-0.39, 0.29) is 17.9 Å². The fourth-order valence-corrected chi connectivity index (χ4v) is 1.60. The maximum Gasteiger partial charge on any atom is 0.223 e. The van der Waals surface area contributed by atoms with E-state index in [9.17, 15) is 4.79 Å². The zero-order valence-corrected chi connectivity index (χ0v) is 10.5. The molecule has 1 amide bonds. The minimum atomic E-state index is 0.0365. The van der Waals surface area contributed by atoms with Crippen LogP contribution in [-0.2, 0) is 4.79 Å². The Balaban J connectivity index is 3.84. The molecule has 0 aromatic carbocycles. The lowest BCUT2D eigenvalue weighted by Crippen LogP contribution is -2.37. The molecule has 0 aliphatic rings. The van der Waals surface area contributed by atoms with Crippen LogP contribution in [0.15, 0.2) is 0 Å². The van der Waals surface area contributed by atoms with Gasteiger partial charge in [0.2, 0.25) is 5.91 Å². The van der Waals surface area contributed by atoms with Gasteiger partial charge in [-0.3, -0.25) is 4.79 Å². The monoisotopic (exact) mass is 214 g/mol. The minimum absolute atomic E-state index is 0.0365. The first-order valence-corrected chi connectivity index (χ1v) is 6.01. The Labute approximate surface area is 93.8 Å². The zero-order chi connectivity index (χ0) is 11.8. The highest BCUT2D eigenvalue weighted by molar-refractivity contribution is 5.78. The molecule has 0 aliphatic heterocycles. The van der Waals surface area contributed by atoms with Crippen molar-refractivity contribution in [3.8, 4) is 0 Å². The van der Waals surface area contributed by atoms with Gasteiger partial charge in [-0.1, -0.05) is 27.2 Å². The minimum Gasteiger partial charge on any atom is -0.353 e. The summed E-state index contributed by atoms with van der Waals surface area (Å²) in [4.78, 5) is 11.6. The van der Waals surface area contributed by atoms with E-state index >= 15 is 0 Å². The van der Waals surface area contributed by atoms with Gasteiger partial charge in [-0.05, 0) is 32.2 Å². The summed E-state index contributed by atoms with van der Waals surface area (Å²) in [6, 6.07) is 0.271. The molecule has 3 unspecified atom stereocenters. The van der Waals surface area contributed by atoms with Crippen molar-refractivity contribution < 1.29 is 4.79 Å². The van der Waals surface area contributed by atoms with Gasteiger partial charge in [0, 0.05) is 12.0 Å². The molecule has 0 bridgehead atoms. The van der Waals surface area contributed by atoms with Crippen LogP contribution in [0.5, 0.6) is 0 Å². The van der Waals surface area contributed by atoms with Gasteiger partial charge in [0.1, 0.15) is 0 Å². The molecule has 0 radical (unpaired) electrons. The van der Waals surface area contributed by atoms with Gasteiger partial charge in [0.05, 0.1) is 0 Å². The van der Waals surface area contributed by atoms with E-state index < -0.39 is 0 Å². The molecule has 0 aromatic heterocycles. The van der Waals surface area contributed by atoms with Crippen LogP contribution in [-0.4, -0.2) is 18.5 Å². The summed E-state index contributed by atoms with van der Waals surface area (Å²) in [7, 11) is 0. The summed E-state index contributed by atoms with van der Waals surface area (Å²) in [5.74, 6) is 0.843. The van der Waals surface area contributed by atoms with E-state index in [1.54, 1.807) is 0 Å². The molecule has 0 aromatic rings. The third-order valence-electron chi connectivity index (χ3n) is 2.89. The van der Waals surface area contributed by atoms with E-state index in [0.29, 0.717) is 12.5 Å². The first-order valence-electron chi connectivity index (χ1n) is 6.01. The van der Waals surface area contributed by atoms with Crippen LogP contribution in [0.2, 0.25) is 0 Å². The van der Waals surface area contributed by atoms with Crippen LogP contribution in [0.4, 0.5) is 0 Å². The highest BCUT2D eigenvalue weighted by Gasteiger charge is 2.15. The highest BCUT2D eigenvalue weighted by atomic mass is 16.1. The lowest BCUT2D eigenvalue weighted by atomic mass is 9.99. The predicted molar refractivity (Wildman–Crippen MR) is 64.5 cm³/mol. The number of hydrogen-bond acceptors (Lipinski definition) is 2. The average molecular weight is 214 g/mol. The molecule has 0 heterocycles. The summed E-state index contributed by atoms with van der Waals surface area (Å²) >= 11 is 0. The highest BCUT2D eigenvalue weighted by Crippen LogP contribution is 2.10. The second-order valence-corrected chi connectivity index (χ2v) is 4.64. The van der Waals surface area contributed by atoms with Gasteiger partial charge in [-0.15, -0.1) is 0 Å². The average Bonchev–Trinajstić information content (AvgIpc) is 2.17. The van der Waals surface area contributed by atoms with Crippen molar-refractivity contribution in [3.63, 3.8) is 0 Å². The lowest BCUT2D eigenvalue weighted by Gasteiger charge is -2.19. The standard InChI is InChI=1S/C12H26N2O/c1-5-9(2)8-11(4)14-12(15)10(3)6-7-13/h9-11H,5-8,13H2,1-4H3,(H,14,15). The molecular formula is C12H26N2O. The van der Waals surface area contributed by atoms with Crippen LogP contribution < -0.4 is 11.1 Å². The Morgan fingerprint density at radius 1 is 1.33 bits per heavy atom. The Morgan fingerprint density at radius 2 is 1.93 bits per heavy atom. The van der Waals surface area contributed by atoms with Crippen LogP contribution in [0.3, 0.4) is 0 Å². The van der Waals surface area contributed by atoms with Crippen LogP contribution in [0.25, 0.3) is 0 Å². The quantitative estimate of drug-likeness (QED) is 0.680. The normalized spacial score (nSPS) is 16.9. The fourth-order valence-electron chi connectivity index (χ4n) is 1.60. The predicted octanol–water partition coefficient (Wildman–Crippen LogP) is 1.91. The smallest absolute Gasteiger partial charge is 0.223 e. The van der Waals surface area contributed by atoms with Crippen molar-refractivity contribution in [1.82, 2.24) is 5.32 Å². The Hall–Kier alpha value is -0.570. The summed E-state index contributed by atoms with van der Waals surface area (Å²) in [6.45, 7) is 8.97. The van der Waals surface area contributed by atoms with Crippen molar-refractivity contribution in [2.75, 3.05) is 6.54 Å². The molecule has 0 saturated heterocycles. The van der Waals surface area contributed by atoms with Gasteiger partial charge >= 0.3 is 0 Å². The van der Waals surface area contributed by atoms with Crippen molar-refractivity contribution in [2.24, 2.45) is 17.6 Å². The summed E-state index contributed by atoms with van der Waals surface area (Å²) in [5, 5.41) is 3.04. The number of nitrogens with one attached hydrogen (secondary N) is 1. The van der Waals surface area contributed by atoms with Crippen molar-refractivity contribution in [2.45, 2.75) is 53.0 Å².